The van der Waals surface area contributed by atoms with Crippen LogP contribution in [0, 0.1) is 11.8 Å². The molecule has 11 heavy (non-hydrogen) atoms. The van der Waals surface area contributed by atoms with Gasteiger partial charge in [-0.3, -0.25) is 4.79 Å². The molecule has 0 saturated carbocycles. The minimum Gasteiger partial charge on any atom is -0.481 e. The van der Waals surface area contributed by atoms with Crippen LogP contribution in [0.25, 0.3) is 0 Å². The van der Waals surface area contributed by atoms with Crippen LogP contribution in [0.3, 0.4) is 0 Å². The highest BCUT2D eigenvalue weighted by Gasteiger charge is 2.24. The van der Waals surface area contributed by atoms with E-state index in [-0.39, 0.29) is 5.92 Å². The number of carbonyl (C=O) groups is 1. The highest BCUT2D eigenvalue weighted by Crippen LogP contribution is 2.28. The van der Waals surface area contributed by atoms with Crippen molar-refractivity contribution in [2.45, 2.75) is 19.8 Å². The minimum absolute atomic E-state index is 0.143. The van der Waals surface area contributed by atoms with Crippen LogP contribution >= 0.6 is 11.8 Å². The van der Waals surface area contributed by atoms with E-state index >= 15 is 0 Å². The molecule has 0 spiro atoms. The lowest BCUT2D eigenvalue weighted by Gasteiger charge is -2.24. The monoisotopic (exact) mass is 174 g/mol. The van der Waals surface area contributed by atoms with Crippen molar-refractivity contribution in [1.82, 2.24) is 0 Å². The minimum atomic E-state index is -0.637. The van der Waals surface area contributed by atoms with E-state index in [0.717, 1.165) is 24.3 Å². The molecule has 1 saturated heterocycles. The zero-order valence-corrected chi connectivity index (χ0v) is 7.56. The first-order chi connectivity index (χ1) is 5.22. The van der Waals surface area contributed by atoms with E-state index in [1.54, 1.807) is 0 Å². The van der Waals surface area contributed by atoms with Crippen molar-refractivity contribution in [2.75, 3.05) is 11.5 Å². The smallest absolute Gasteiger partial charge is 0.306 e. The molecule has 0 bridgehead atoms. The third-order valence-corrected chi connectivity index (χ3v) is 3.41. The van der Waals surface area contributed by atoms with Crippen molar-refractivity contribution >= 4 is 17.7 Å². The summed E-state index contributed by atoms with van der Waals surface area (Å²) in [6, 6.07) is 0. The van der Waals surface area contributed by atoms with Gasteiger partial charge in [0.25, 0.3) is 0 Å². The fourth-order valence-corrected chi connectivity index (χ4v) is 2.56. The maximum atomic E-state index is 10.6. The Bertz CT molecular complexity index is 141. The zero-order valence-electron chi connectivity index (χ0n) is 6.75. The second kappa shape index (κ2) is 4.00. The number of hydrogen-bond acceptors (Lipinski definition) is 2. The predicted octanol–water partition coefficient (Wildman–Crippen LogP) is 1.85. The lowest BCUT2D eigenvalue weighted by atomic mass is 9.89. The molecule has 1 fully saturated rings. The van der Waals surface area contributed by atoms with Crippen molar-refractivity contribution in [3.05, 3.63) is 0 Å². The van der Waals surface area contributed by atoms with Crippen LogP contribution < -0.4 is 0 Å². The molecule has 1 unspecified atom stereocenters. The van der Waals surface area contributed by atoms with E-state index in [2.05, 4.69) is 0 Å². The summed E-state index contributed by atoms with van der Waals surface area (Å²) in [5, 5.41) is 8.73. The Morgan fingerprint density at radius 2 is 2.09 bits per heavy atom. The van der Waals surface area contributed by atoms with Crippen molar-refractivity contribution in [1.29, 1.82) is 0 Å². The molecule has 0 aromatic rings. The van der Waals surface area contributed by atoms with E-state index in [1.807, 2.05) is 18.7 Å². The molecule has 1 N–H and O–H groups in total. The van der Waals surface area contributed by atoms with Gasteiger partial charge in [-0.25, -0.2) is 0 Å². The average Bonchev–Trinajstić information content (AvgIpc) is 2.05. The molecule has 0 aliphatic carbocycles. The lowest BCUT2D eigenvalue weighted by molar-refractivity contribution is -0.143. The molecule has 1 atom stereocenters. The van der Waals surface area contributed by atoms with Gasteiger partial charge in [0, 0.05) is 0 Å². The van der Waals surface area contributed by atoms with Crippen LogP contribution in [0.5, 0.6) is 0 Å². The Hall–Kier alpha value is -0.180. The second-order valence-corrected chi connectivity index (χ2v) is 4.30. The molecule has 0 radical (unpaired) electrons. The fraction of sp³-hybridized carbons (Fsp3) is 0.875. The maximum Gasteiger partial charge on any atom is 0.306 e. The highest BCUT2D eigenvalue weighted by molar-refractivity contribution is 7.99. The Morgan fingerprint density at radius 3 is 2.55 bits per heavy atom. The van der Waals surface area contributed by atoms with Gasteiger partial charge in [-0.15, -0.1) is 0 Å². The molecule has 2 nitrogen and oxygen atoms in total. The Morgan fingerprint density at radius 1 is 1.55 bits per heavy atom. The molecule has 3 heteroatoms. The molecule has 64 valence electrons. The summed E-state index contributed by atoms with van der Waals surface area (Å²) in [6.07, 6.45) is 2.16. The molecule has 0 amide bonds. The van der Waals surface area contributed by atoms with E-state index in [9.17, 15) is 4.79 Å². The second-order valence-electron chi connectivity index (χ2n) is 3.08. The Kier molecular flexibility index (Phi) is 3.24. The summed E-state index contributed by atoms with van der Waals surface area (Å²) < 4.78 is 0. The standard InChI is InChI=1S/C8H14O2S/c1-6(8(9)10)7-2-4-11-5-3-7/h6-7H,2-5H2,1H3,(H,9,10). The van der Waals surface area contributed by atoms with Gasteiger partial charge in [0.1, 0.15) is 0 Å². The molecular weight excluding hydrogens is 160 g/mol. The van der Waals surface area contributed by atoms with Crippen molar-refractivity contribution in [3.63, 3.8) is 0 Å². The zero-order chi connectivity index (χ0) is 8.27. The molecular formula is C8H14O2S. The average molecular weight is 174 g/mol. The van der Waals surface area contributed by atoms with Crippen LogP contribution in [-0.4, -0.2) is 22.6 Å². The Balaban J connectivity index is 2.38. The van der Waals surface area contributed by atoms with Gasteiger partial charge in [0.05, 0.1) is 5.92 Å². The summed E-state index contributed by atoms with van der Waals surface area (Å²) in [7, 11) is 0. The number of hydrogen-bond donors (Lipinski definition) is 1. The summed E-state index contributed by atoms with van der Waals surface area (Å²) in [5.74, 6) is 1.93. The largest absolute Gasteiger partial charge is 0.481 e. The van der Waals surface area contributed by atoms with E-state index in [4.69, 9.17) is 5.11 Å². The van der Waals surface area contributed by atoms with Crippen LogP contribution in [0.2, 0.25) is 0 Å². The van der Waals surface area contributed by atoms with Crippen molar-refractivity contribution < 1.29 is 9.90 Å². The fourth-order valence-electron chi connectivity index (χ4n) is 1.42. The van der Waals surface area contributed by atoms with Crippen molar-refractivity contribution in [3.8, 4) is 0 Å². The quantitative estimate of drug-likeness (QED) is 0.694. The molecule has 0 aromatic heterocycles. The van der Waals surface area contributed by atoms with Crippen LogP contribution in [0.4, 0.5) is 0 Å². The van der Waals surface area contributed by atoms with E-state index in [0.29, 0.717) is 5.92 Å². The number of carboxylic acids is 1. The summed E-state index contributed by atoms with van der Waals surface area (Å²) >= 11 is 1.93. The van der Waals surface area contributed by atoms with Gasteiger partial charge in [0.15, 0.2) is 0 Å². The number of aliphatic carboxylic acids is 1. The van der Waals surface area contributed by atoms with Gasteiger partial charge in [-0.1, -0.05) is 6.92 Å². The third-order valence-electron chi connectivity index (χ3n) is 2.36. The summed E-state index contributed by atoms with van der Waals surface area (Å²) in [5.41, 5.74) is 0. The normalized spacial score (nSPS) is 23.0. The predicted molar refractivity (Wildman–Crippen MR) is 46.8 cm³/mol. The molecule has 1 heterocycles. The van der Waals surface area contributed by atoms with Gasteiger partial charge < -0.3 is 5.11 Å². The molecule has 1 rings (SSSR count). The van der Waals surface area contributed by atoms with E-state index in [1.165, 1.54) is 0 Å². The van der Waals surface area contributed by atoms with Gasteiger partial charge in [-0.05, 0) is 30.3 Å². The first kappa shape index (κ1) is 8.91. The number of thioether (sulfide) groups is 1. The number of carboxylic acid groups (broad SMARTS) is 1. The summed E-state index contributed by atoms with van der Waals surface area (Å²) in [6.45, 7) is 1.82. The Labute approximate surface area is 71.4 Å². The topological polar surface area (TPSA) is 37.3 Å². The van der Waals surface area contributed by atoms with Gasteiger partial charge in [0.2, 0.25) is 0 Å². The van der Waals surface area contributed by atoms with Gasteiger partial charge in [-0.2, -0.15) is 11.8 Å². The van der Waals surface area contributed by atoms with E-state index < -0.39 is 5.97 Å². The first-order valence-electron chi connectivity index (χ1n) is 4.02. The van der Waals surface area contributed by atoms with Crippen molar-refractivity contribution in [2.24, 2.45) is 11.8 Å². The van der Waals surface area contributed by atoms with Crippen LogP contribution in [-0.2, 0) is 4.79 Å². The maximum absolute atomic E-state index is 10.6. The molecule has 1 aliphatic rings. The first-order valence-corrected chi connectivity index (χ1v) is 5.18. The number of rotatable bonds is 2. The summed E-state index contributed by atoms with van der Waals surface area (Å²) in [4.78, 5) is 10.6. The molecule has 1 aliphatic heterocycles. The van der Waals surface area contributed by atoms with Crippen LogP contribution in [0.1, 0.15) is 19.8 Å². The van der Waals surface area contributed by atoms with Gasteiger partial charge >= 0.3 is 5.97 Å². The lowest BCUT2D eigenvalue weighted by Crippen LogP contribution is -2.24. The van der Waals surface area contributed by atoms with Crippen LogP contribution in [0.15, 0.2) is 0 Å². The SMILES string of the molecule is CC(C(=O)O)C1CCSCC1. The highest BCUT2D eigenvalue weighted by atomic mass is 32.2. The third kappa shape index (κ3) is 2.40. The molecule has 0 aromatic carbocycles.